The molecule has 0 radical (unpaired) electrons. The van der Waals surface area contributed by atoms with Gasteiger partial charge < -0.3 is 9.47 Å². The fourth-order valence-corrected chi connectivity index (χ4v) is 5.05. The minimum absolute atomic E-state index is 0.0434. The van der Waals surface area contributed by atoms with Crippen molar-refractivity contribution in [3.63, 3.8) is 0 Å². The third-order valence-corrected chi connectivity index (χ3v) is 6.95. The Balaban J connectivity index is 1.63. The first-order chi connectivity index (χ1) is 15.9. The highest BCUT2D eigenvalue weighted by molar-refractivity contribution is 6.31. The van der Waals surface area contributed by atoms with E-state index < -0.39 is 0 Å². The Morgan fingerprint density at radius 1 is 1.21 bits per heavy atom. The summed E-state index contributed by atoms with van der Waals surface area (Å²) in [7, 11) is 0. The number of carbonyl (C=O) groups excluding carboxylic acids is 1. The van der Waals surface area contributed by atoms with Crippen LogP contribution in [-0.4, -0.2) is 38.0 Å². The maximum absolute atomic E-state index is 13.7. The molecule has 1 aliphatic rings. The van der Waals surface area contributed by atoms with Crippen LogP contribution in [0.5, 0.6) is 0 Å². The van der Waals surface area contributed by atoms with Gasteiger partial charge in [0, 0.05) is 23.5 Å². The van der Waals surface area contributed by atoms with Crippen LogP contribution in [0.25, 0.3) is 21.9 Å². The second kappa shape index (κ2) is 8.67. The second-order valence-electron chi connectivity index (χ2n) is 9.16. The molecule has 2 aromatic heterocycles. The molecule has 5 rings (SSSR count). The number of rotatable bonds is 4. The van der Waals surface area contributed by atoms with Crippen LogP contribution in [0.15, 0.2) is 53.6 Å². The van der Waals surface area contributed by atoms with E-state index in [1.165, 1.54) is 0 Å². The van der Waals surface area contributed by atoms with Crippen molar-refractivity contribution in [2.45, 2.75) is 39.8 Å². The van der Waals surface area contributed by atoms with Crippen LogP contribution in [-0.2, 0) is 17.9 Å². The van der Waals surface area contributed by atoms with Crippen molar-refractivity contribution in [1.82, 2.24) is 19.0 Å². The number of benzene rings is 2. The van der Waals surface area contributed by atoms with Gasteiger partial charge in [0.05, 0.1) is 18.4 Å². The summed E-state index contributed by atoms with van der Waals surface area (Å²) in [5, 5.41) is 1.50. The van der Waals surface area contributed by atoms with E-state index in [4.69, 9.17) is 11.6 Å². The van der Waals surface area contributed by atoms with Gasteiger partial charge in [-0.2, -0.15) is 0 Å². The van der Waals surface area contributed by atoms with Gasteiger partial charge in [-0.1, -0.05) is 48.4 Å². The van der Waals surface area contributed by atoms with Crippen molar-refractivity contribution in [3.05, 3.63) is 75.3 Å². The Labute approximate surface area is 197 Å². The molecule has 7 heteroatoms. The quantitative estimate of drug-likeness (QED) is 0.444. The molecule has 3 heterocycles. The van der Waals surface area contributed by atoms with Gasteiger partial charge in [0.15, 0.2) is 0 Å². The van der Waals surface area contributed by atoms with Crippen molar-refractivity contribution in [2.75, 3.05) is 13.1 Å². The van der Waals surface area contributed by atoms with Crippen LogP contribution in [0.2, 0.25) is 5.02 Å². The highest BCUT2D eigenvalue weighted by Gasteiger charge is 2.24. The van der Waals surface area contributed by atoms with Crippen LogP contribution in [0, 0.1) is 12.8 Å². The third-order valence-electron chi connectivity index (χ3n) is 6.58. The number of halogens is 1. The lowest BCUT2D eigenvalue weighted by Gasteiger charge is -2.31. The summed E-state index contributed by atoms with van der Waals surface area (Å²) in [4.78, 5) is 33.5. The lowest BCUT2D eigenvalue weighted by Crippen LogP contribution is -2.41. The molecular weight excluding hydrogens is 436 g/mol. The summed E-state index contributed by atoms with van der Waals surface area (Å²) in [6.07, 6.45) is 3.74. The van der Waals surface area contributed by atoms with Gasteiger partial charge >= 0.3 is 0 Å². The molecule has 2 aromatic carbocycles. The number of hydrogen-bond donors (Lipinski definition) is 0. The van der Waals surface area contributed by atoms with E-state index >= 15 is 0 Å². The topological polar surface area (TPSA) is 60.1 Å². The number of aromatic nitrogens is 3. The van der Waals surface area contributed by atoms with E-state index in [-0.39, 0.29) is 18.0 Å². The number of carbonyl (C=O) groups is 1. The largest absolute Gasteiger partial charge is 0.341 e. The fraction of sp³-hybridized carbons (Fsp3) is 0.346. The first-order valence-electron chi connectivity index (χ1n) is 11.4. The Bertz CT molecular complexity index is 1420. The highest BCUT2D eigenvalue weighted by Crippen LogP contribution is 2.27. The molecule has 0 spiro atoms. The minimum atomic E-state index is -0.173. The second-order valence-corrected chi connectivity index (χ2v) is 9.57. The average Bonchev–Trinajstić information content (AvgIpc) is 3.10. The molecule has 0 unspecified atom stereocenters. The standard InChI is InChI=1S/C26H27ClN4O2/c1-17-9-10-22-20(12-17)24-25(31(22)15-23(32)29-11-5-6-18(2)13-29)26(33)30(16-28-24)14-19-7-3-4-8-21(19)27/h3-4,7-10,12,16,18H,5-6,11,13-15H2,1-2H3/t18-/m1/s1. The first-order valence-corrected chi connectivity index (χ1v) is 11.8. The molecule has 0 saturated carbocycles. The van der Waals surface area contributed by atoms with Gasteiger partial charge in [-0.25, -0.2) is 4.98 Å². The maximum Gasteiger partial charge on any atom is 0.278 e. The van der Waals surface area contributed by atoms with Crippen LogP contribution in [0.1, 0.15) is 30.9 Å². The number of nitrogens with zero attached hydrogens (tertiary/aromatic N) is 4. The predicted octanol–water partition coefficient (Wildman–Crippen LogP) is 4.62. The Hall–Kier alpha value is -3.12. The average molecular weight is 463 g/mol. The SMILES string of the molecule is Cc1ccc2c(c1)c1ncn(Cc3ccccc3Cl)c(=O)c1n2CC(=O)N1CCC[C@@H](C)C1. The molecule has 1 fully saturated rings. The Morgan fingerprint density at radius 3 is 2.82 bits per heavy atom. The van der Waals surface area contributed by atoms with E-state index in [0.29, 0.717) is 28.5 Å². The van der Waals surface area contributed by atoms with Crippen LogP contribution in [0.4, 0.5) is 0 Å². The number of piperidine rings is 1. The summed E-state index contributed by atoms with van der Waals surface area (Å²) in [5.74, 6) is 0.542. The molecule has 0 N–H and O–H groups in total. The van der Waals surface area contributed by atoms with Crippen molar-refractivity contribution in [1.29, 1.82) is 0 Å². The molecule has 170 valence electrons. The van der Waals surface area contributed by atoms with E-state index in [2.05, 4.69) is 11.9 Å². The lowest BCUT2D eigenvalue weighted by molar-refractivity contribution is -0.133. The molecule has 4 aromatic rings. The van der Waals surface area contributed by atoms with Gasteiger partial charge in [-0.15, -0.1) is 0 Å². The number of aryl methyl sites for hydroxylation is 1. The smallest absolute Gasteiger partial charge is 0.278 e. The van der Waals surface area contributed by atoms with Crippen LogP contribution in [0.3, 0.4) is 0 Å². The predicted molar refractivity (Wildman–Crippen MR) is 132 cm³/mol. The van der Waals surface area contributed by atoms with Gasteiger partial charge in [-0.05, 0) is 49.4 Å². The summed E-state index contributed by atoms with van der Waals surface area (Å²) < 4.78 is 3.42. The number of amides is 1. The fourth-order valence-electron chi connectivity index (χ4n) is 4.85. The van der Waals surface area contributed by atoms with Gasteiger partial charge in [0.2, 0.25) is 5.91 Å². The zero-order valence-corrected chi connectivity index (χ0v) is 19.7. The molecule has 0 bridgehead atoms. The van der Waals surface area contributed by atoms with Crippen LogP contribution < -0.4 is 5.56 Å². The van der Waals surface area contributed by atoms with Gasteiger partial charge in [0.25, 0.3) is 5.56 Å². The van der Waals surface area contributed by atoms with E-state index in [1.54, 1.807) is 10.9 Å². The normalized spacial score (nSPS) is 16.6. The molecule has 0 aliphatic carbocycles. The molecule has 1 amide bonds. The zero-order valence-electron chi connectivity index (χ0n) is 18.9. The lowest BCUT2D eigenvalue weighted by atomic mass is 10.0. The number of likely N-dealkylation sites (tertiary alicyclic amines) is 1. The number of hydrogen-bond acceptors (Lipinski definition) is 3. The van der Waals surface area contributed by atoms with E-state index in [9.17, 15) is 9.59 Å². The monoisotopic (exact) mass is 462 g/mol. The summed E-state index contributed by atoms with van der Waals surface area (Å²) in [6, 6.07) is 13.5. The molecule has 1 atom stereocenters. The van der Waals surface area contributed by atoms with E-state index in [0.717, 1.165) is 48.0 Å². The third kappa shape index (κ3) is 4.04. The molecule has 33 heavy (non-hydrogen) atoms. The first kappa shape index (κ1) is 21.7. The maximum atomic E-state index is 13.7. The van der Waals surface area contributed by atoms with E-state index in [1.807, 2.05) is 58.9 Å². The van der Waals surface area contributed by atoms with Gasteiger partial charge in [-0.3, -0.25) is 14.2 Å². The Kier molecular flexibility index (Phi) is 5.71. The van der Waals surface area contributed by atoms with Crippen molar-refractivity contribution < 1.29 is 4.79 Å². The summed E-state index contributed by atoms with van der Waals surface area (Å²) in [6.45, 7) is 6.18. The van der Waals surface area contributed by atoms with Crippen LogP contribution >= 0.6 is 11.6 Å². The van der Waals surface area contributed by atoms with Crippen molar-refractivity contribution in [2.24, 2.45) is 5.92 Å². The van der Waals surface area contributed by atoms with Crippen molar-refractivity contribution >= 4 is 39.4 Å². The molecule has 1 aliphatic heterocycles. The molecular formula is C26H27ClN4O2. The summed E-state index contributed by atoms with van der Waals surface area (Å²) >= 11 is 6.33. The molecule has 6 nitrogen and oxygen atoms in total. The minimum Gasteiger partial charge on any atom is -0.341 e. The van der Waals surface area contributed by atoms with Gasteiger partial charge in [0.1, 0.15) is 17.6 Å². The van der Waals surface area contributed by atoms with Crippen molar-refractivity contribution in [3.8, 4) is 0 Å². The molecule has 1 saturated heterocycles. The Morgan fingerprint density at radius 2 is 2.03 bits per heavy atom. The highest BCUT2D eigenvalue weighted by atomic mass is 35.5. The summed E-state index contributed by atoms with van der Waals surface area (Å²) in [5.41, 5.74) is 3.71. The zero-order chi connectivity index (χ0) is 23.1. The number of fused-ring (bicyclic) bond motifs is 3.